The molecule has 368 valence electrons. The quantitative estimate of drug-likeness (QED) is 0.0395. The number of nitrogens with one attached hydrogen (secondary N) is 4. The van der Waals surface area contributed by atoms with Crippen LogP contribution in [-0.4, -0.2) is 67.0 Å². The summed E-state index contributed by atoms with van der Waals surface area (Å²) in [5, 5.41) is 29.1. The van der Waals surface area contributed by atoms with Crippen LogP contribution < -0.4 is 21.3 Å². The Morgan fingerprint density at radius 2 is 0.843 bits per heavy atom. The standard InChI is InChI=1S/2C25H25F3N4O3/c2*1-2-3-20(16-4-6-18(7-5-16)24(35)29-13-12-23(33)34)32-22-15-30-21(14-31-22)17-8-10-19(11-9-17)25(26,27)28/h2*4-11,14-15,20H,2-3,12-13H2,1H3,(H,29,35)(H,31,32)(H,33,34)/t2*20-/m10/s1. The topological polar surface area (TPSA) is 208 Å². The molecule has 0 radical (unpaired) electrons. The molecule has 0 spiro atoms. The molecule has 6 aromatic rings. The van der Waals surface area contributed by atoms with E-state index in [9.17, 15) is 45.5 Å². The van der Waals surface area contributed by atoms with Gasteiger partial charge in [-0.25, -0.2) is 9.97 Å². The monoisotopic (exact) mass is 972 g/mol. The molecule has 4 aromatic carbocycles. The normalized spacial score (nSPS) is 12.1. The molecular weight excluding hydrogens is 923 g/mol. The van der Waals surface area contributed by atoms with Gasteiger partial charge in [-0.1, -0.05) is 75.2 Å². The predicted molar refractivity (Wildman–Crippen MR) is 250 cm³/mol. The summed E-state index contributed by atoms with van der Waals surface area (Å²) >= 11 is 0. The molecule has 0 bridgehead atoms. The van der Waals surface area contributed by atoms with Crippen molar-refractivity contribution < 1.29 is 55.7 Å². The van der Waals surface area contributed by atoms with E-state index in [1.807, 2.05) is 38.1 Å². The summed E-state index contributed by atoms with van der Waals surface area (Å²) in [6.07, 6.45) is 0.299. The van der Waals surface area contributed by atoms with Crippen molar-refractivity contribution in [2.45, 2.75) is 76.8 Å². The lowest BCUT2D eigenvalue weighted by atomic mass is 10.0. The van der Waals surface area contributed by atoms with Crippen molar-refractivity contribution in [1.82, 2.24) is 30.6 Å². The molecule has 0 aliphatic rings. The van der Waals surface area contributed by atoms with Crippen molar-refractivity contribution >= 4 is 35.4 Å². The van der Waals surface area contributed by atoms with Crippen LogP contribution in [0.15, 0.2) is 122 Å². The van der Waals surface area contributed by atoms with Gasteiger partial charge in [0.05, 0.1) is 72.2 Å². The predicted octanol–water partition coefficient (Wildman–Crippen LogP) is 10.6. The van der Waals surface area contributed by atoms with Gasteiger partial charge in [0.2, 0.25) is 0 Å². The Morgan fingerprint density at radius 1 is 0.500 bits per heavy atom. The van der Waals surface area contributed by atoms with Gasteiger partial charge in [0, 0.05) is 35.3 Å². The molecule has 0 aliphatic carbocycles. The number of rotatable bonds is 20. The van der Waals surface area contributed by atoms with E-state index in [0.717, 1.165) is 61.1 Å². The summed E-state index contributed by atoms with van der Waals surface area (Å²) in [6, 6.07) is 23.3. The Kier molecular flexibility index (Phi) is 18.9. The zero-order valence-corrected chi connectivity index (χ0v) is 37.9. The van der Waals surface area contributed by atoms with E-state index in [0.29, 0.717) is 45.3 Å². The van der Waals surface area contributed by atoms with Gasteiger partial charge < -0.3 is 31.5 Å². The molecule has 0 aliphatic heterocycles. The smallest absolute Gasteiger partial charge is 0.416 e. The summed E-state index contributed by atoms with van der Waals surface area (Å²) in [6.45, 7) is 4.19. The van der Waals surface area contributed by atoms with E-state index in [1.54, 1.807) is 24.3 Å². The second-order valence-corrected chi connectivity index (χ2v) is 15.7. The maximum absolute atomic E-state index is 12.8. The third kappa shape index (κ3) is 16.1. The van der Waals surface area contributed by atoms with Crippen LogP contribution >= 0.6 is 0 Å². The maximum atomic E-state index is 12.8. The minimum absolute atomic E-state index is 0.0526. The number of carbonyl (C=O) groups excluding carboxylic acids is 2. The summed E-state index contributed by atoms with van der Waals surface area (Å²) in [5.74, 6) is -1.64. The fourth-order valence-corrected chi connectivity index (χ4v) is 6.85. The molecule has 0 unspecified atom stereocenters. The van der Waals surface area contributed by atoms with Crippen LogP contribution in [0.4, 0.5) is 38.0 Å². The van der Waals surface area contributed by atoms with Crippen molar-refractivity contribution in [3.05, 3.63) is 155 Å². The number of hydrogen-bond acceptors (Lipinski definition) is 10. The number of carbonyl (C=O) groups is 4. The Hall–Kier alpha value is -7.90. The fourth-order valence-electron chi connectivity index (χ4n) is 6.85. The Labute approximate surface area is 399 Å². The average molecular weight is 973 g/mol. The van der Waals surface area contributed by atoms with Crippen LogP contribution in [-0.2, 0) is 21.9 Å². The van der Waals surface area contributed by atoms with Crippen LogP contribution in [0.5, 0.6) is 0 Å². The minimum atomic E-state index is -4.39. The first-order valence-electron chi connectivity index (χ1n) is 22.1. The van der Waals surface area contributed by atoms with E-state index in [4.69, 9.17) is 10.2 Å². The third-order valence-electron chi connectivity index (χ3n) is 10.5. The summed E-state index contributed by atoms with van der Waals surface area (Å²) in [4.78, 5) is 62.8. The zero-order chi connectivity index (χ0) is 50.8. The third-order valence-corrected chi connectivity index (χ3v) is 10.5. The van der Waals surface area contributed by atoms with Crippen LogP contribution in [0.25, 0.3) is 22.5 Å². The van der Waals surface area contributed by atoms with Gasteiger partial charge in [0.15, 0.2) is 0 Å². The highest BCUT2D eigenvalue weighted by molar-refractivity contribution is 5.95. The molecule has 6 N–H and O–H groups in total. The number of aliphatic carboxylic acids is 2. The van der Waals surface area contributed by atoms with Gasteiger partial charge in [0.1, 0.15) is 11.6 Å². The van der Waals surface area contributed by atoms with Crippen LogP contribution in [0.3, 0.4) is 0 Å². The Balaban J connectivity index is 0.000000261. The lowest BCUT2D eigenvalue weighted by molar-refractivity contribution is -0.138. The highest BCUT2D eigenvalue weighted by Gasteiger charge is 2.31. The number of nitrogens with zero attached hydrogens (tertiary/aromatic N) is 4. The molecule has 0 saturated carbocycles. The molecule has 2 heterocycles. The SMILES string of the molecule is CCC[C@@H](Nc1cnc(-c2ccc(C(F)(F)F)cc2)cn1)c1ccc(C(=O)NCCC(=O)O)cc1.CCC[C@H](Nc1cnc(-c2ccc(C(F)(F)F)cc2)cn1)c1ccc(C(=O)NCCC(=O)O)cc1. The van der Waals surface area contributed by atoms with Gasteiger partial charge in [-0.3, -0.25) is 29.1 Å². The Bertz CT molecular complexity index is 2450. The van der Waals surface area contributed by atoms with Crippen molar-refractivity contribution in [2.24, 2.45) is 0 Å². The molecular formula is C50H50F6N8O6. The highest BCUT2D eigenvalue weighted by atomic mass is 19.4. The van der Waals surface area contributed by atoms with E-state index >= 15 is 0 Å². The van der Waals surface area contributed by atoms with Crippen LogP contribution in [0, 0.1) is 0 Å². The number of aromatic nitrogens is 4. The number of halogens is 6. The van der Waals surface area contributed by atoms with Crippen molar-refractivity contribution in [3.8, 4) is 22.5 Å². The zero-order valence-electron chi connectivity index (χ0n) is 37.9. The second kappa shape index (κ2) is 24.9. The van der Waals surface area contributed by atoms with E-state index in [2.05, 4.69) is 41.2 Å². The lowest BCUT2D eigenvalue weighted by Crippen LogP contribution is -2.26. The van der Waals surface area contributed by atoms with Gasteiger partial charge in [-0.2, -0.15) is 26.3 Å². The first-order valence-corrected chi connectivity index (χ1v) is 22.1. The van der Waals surface area contributed by atoms with Crippen molar-refractivity contribution in [2.75, 3.05) is 23.7 Å². The average Bonchev–Trinajstić information content (AvgIpc) is 3.34. The molecule has 2 amide bonds. The van der Waals surface area contributed by atoms with Crippen LogP contribution in [0.2, 0.25) is 0 Å². The van der Waals surface area contributed by atoms with E-state index in [-0.39, 0.29) is 49.8 Å². The number of carboxylic acids is 2. The first-order chi connectivity index (χ1) is 33.3. The second-order valence-electron chi connectivity index (χ2n) is 15.7. The minimum Gasteiger partial charge on any atom is -0.481 e. The largest absolute Gasteiger partial charge is 0.481 e. The summed E-state index contributed by atoms with van der Waals surface area (Å²) < 4.78 is 76.6. The number of benzene rings is 4. The van der Waals surface area contributed by atoms with Crippen molar-refractivity contribution in [3.63, 3.8) is 0 Å². The van der Waals surface area contributed by atoms with E-state index in [1.165, 1.54) is 49.1 Å². The van der Waals surface area contributed by atoms with Crippen LogP contribution in [0.1, 0.15) is 107 Å². The molecule has 0 fully saturated rings. The molecule has 2 atom stereocenters. The number of amides is 2. The first kappa shape index (κ1) is 53.1. The summed E-state index contributed by atoms with van der Waals surface area (Å²) in [7, 11) is 0. The number of anilines is 2. The molecule has 70 heavy (non-hydrogen) atoms. The van der Waals surface area contributed by atoms with Crippen molar-refractivity contribution in [1.29, 1.82) is 0 Å². The maximum Gasteiger partial charge on any atom is 0.416 e. The molecule has 20 heteroatoms. The van der Waals surface area contributed by atoms with Gasteiger partial charge in [-0.15, -0.1) is 0 Å². The Morgan fingerprint density at radius 3 is 1.11 bits per heavy atom. The number of hydrogen-bond donors (Lipinski definition) is 6. The fraction of sp³-hybridized carbons (Fsp3) is 0.280. The lowest BCUT2D eigenvalue weighted by Gasteiger charge is -2.19. The number of alkyl halides is 6. The van der Waals surface area contributed by atoms with Gasteiger partial charge in [0.25, 0.3) is 11.8 Å². The summed E-state index contributed by atoms with van der Waals surface area (Å²) in [5.41, 5.74) is 3.23. The van der Waals surface area contributed by atoms with Gasteiger partial charge >= 0.3 is 24.3 Å². The van der Waals surface area contributed by atoms with E-state index < -0.39 is 35.4 Å². The molecule has 14 nitrogen and oxygen atoms in total. The van der Waals surface area contributed by atoms with Gasteiger partial charge in [-0.05, 0) is 72.5 Å². The molecule has 2 aromatic heterocycles. The molecule has 6 rings (SSSR count). The highest BCUT2D eigenvalue weighted by Crippen LogP contribution is 2.33. The number of carboxylic acid groups (broad SMARTS) is 2. The molecule has 0 saturated heterocycles.